The summed E-state index contributed by atoms with van der Waals surface area (Å²) in [6.07, 6.45) is -2.48. The van der Waals surface area contributed by atoms with Crippen LogP contribution in [-0.2, 0) is 19.3 Å². The highest BCUT2D eigenvalue weighted by atomic mass is 19.4. The maximum atomic E-state index is 13.3. The molecule has 1 amide bonds. The average molecular weight is 594 g/mol. The number of ether oxygens (including phenoxy) is 1. The van der Waals surface area contributed by atoms with Crippen molar-refractivity contribution in [2.24, 2.45) is 0 Å². The lowest BCUT2D eigenvalue weighted by Crippen LogP contribution is -2.48. The Morgan fingerprint density at radius 3 is 2.14 bits per heavy atom. The Morgan fingerprint density at radius 1 is 0.860 bits per heavy atom. The van der Waals surface area contributed by atoms with Gasteiger partial charge in [0.25, 0.3) is 5.91 Å². The zero-order valence-corrected chi connectivity index (χ0v) is 24.0. The van der Waals surface area contributed by atoms with E-state index in [4.69, 9.17) is 4.74 Å². The first-order valence-corrected chi connectivity index (χ1v) is 14.4. The van der Waals surface area contributed by atoms with E-state index in [1.54, 1.807) is 12.0 Å². The molecule has 43 heavy (non-hydrogen) atoms. The highest BCUT2D eigenvalue weighted by Crippen LogP contribution is 2.29. The molecule has 0 saturated carbocycles. The number of hydrogen-bond donors (Lipinski definition) is 1. The molecule has 12 heteroatoms. The highest BCUT2D eigenvalue weighted by Gasteiger charge is 2.30. The lowest BCUT2D eigenvalue weighted by Gasteiger charge is -2.36. The average Bonchev–Trinajstić information content (AvgIpc) is 3.45. The number of fused-ring (bicyclic) bond motifs is 1. The second-order valence-electron chi connectivity index (χ2n) is 11.0. The largest absolute Gasteiger partial charge is 0.481 e. The molecular formula is C31H34F3N7O2. The Morgan fingerprint density at radius 2 is 1.51 bits per heavy atom. The minimum Gasteiger partial charge on any atom is -0.481 e. The molecule has 0 unspecified atom stereocenters. The molecule has 2 fully saturated rings. The van der Waals surface area contributed by atoms with Crippen LogP contribution >= 0.6 is 0 Å². The Labute approximate surface area is 247 Å². The fourth-order valence-electron chi connectivity index (χ4n) is 5.66. The number of H-pyrrole nitrogens is 1. The molecular weight excluding hydrogens is 559 g/mol. The number of anilines is 1. The smallest absolute Gasteiger partial charge is 0.416 e. The predicted molar refractivity (Wildman–Crippen MR) is 157 cm³/mol. The van der Waals surface area contributed by atoms with Gasteiger partial charge in [0.1, 0.15) is 0 Å². The summed E-state index contributed by atoms with van der Waals surface area (Å²) < 4.78 is 43.7. The number of carbonyl (C=O) groups excluding carboxylic acids is 1. The number of rotatable bonds is 7. The molecule has 0 aliphatic carbocycles. The number of hydrogen-bond acceptors (Lipinski definition) is 7. The standard InChI is InChI=1S/C31H34F3N7O2/c1-43-28-9-4-23(19-35-28)21-39-10-14-40(15-11-39)25-7-8-26-27(18-25)37-29(36-26)30(42)41-16-12-38(13-17-41)20-22-2-5-24(6-3-22)31(32,33)34/h2-9,18-19H,10-17,20-21H2,1H3,(H,36,37). The van der Waals surface area contributed by atoms with Gasteiger partial charge in [0.05, 0.1) is 23.7 Å². The topological polar surface area (TPSA) is 80.8 Å². The number of nitrogens with one attached hydrogen (secondary N) is 1. The molecule has 9 nitrogen and oxygen atoms in total. The van der Waals surface area contributed by atoms with Crippen molar-refractivity contribution in [2.75, 3.05) is 64.4 Å². The second kappa shape index (κ2) is 12.2. The van der Waals surface area contributed by atoms with E-state index >= 15 is 0 Å². The molecule has 0 radical (unpaired) electrons. The predicted octanol–water partition coefficient (Wildman–Crippen LogP) is 4.27. The van der Waals surface area contributed by atoms with Crippen LogP contribution in [0.4, 0.5) is 18.9 Å². The third kappa shape index (κ3) is 6.75. The minimum absolute atomic E-state index is 0.145. The molecule has 2 aliphatic rings. The van der Waals surface area contributed by atoms with E-state index < -0.39 is 11.7 Å². The Hall–Kier alpha value is -4.16. The molecule has 0 spiro atoms. The summed E-state index contributed by atoms with van der Waals surface area (Å²) in [7, 11) is 1.61. The van der Waals surface area contributed by atoms with Gasteiger partial charge in [0.2, 0.25) is 5.88 Å². The Kier molecular flexibility index (Phi) is 8.22. The number of benzene rings is 2. The lowest BCUT2D eigenvalue weighted by atomic mass is 10.1. The zero-order chi connectivity index (χ0) is 30.0. The van der Waals surface area contributed by atoms with Crippen LogP contribution in [0.2, 0.25) is 0 Å². The van der Waals surface area contributed by atoms with Crippen LogP contribution < -0.4 is 9.64 Å². The minimum atomic E-state index is -4.34. The molecule has 4 heterocycles. The van der Waals surface area contributed by atoms with E-state index in [1.165, 1.54) is 12.1 Å². The molecule has 2 aromatic heterocycles. The van der Waals surface area contributed by atoms with Crippen molar-refractivity contribution in [1.82, 2.24) is 29.7 Å². The number of halogens is 3. The number of methoxy groups -OCH3 is 1. The van der Waals surface area contributed by atoms with Crippen molar-refractivity contribution in [3.63, 3.8) is 0 Å². The quantitative estimate of drug-likeness (QED) is 0.343. The summed E-state index contributed by atoms with van der Waals surface area (Å²) >= 11 is 0. The molecule has 2 saturated heterocycles. The summed E-state index contributed by atoms with van der Waals surface area (Å²) in [5, 5.41) is 0. The first-order valence-electron chi connectivity index (χ1n) is 14.4. The van der Waals surface area contributed by atoms with Crippen LogP contribution in [0, 0.1) is 0 Å². The van der Waals surface area contributed by atoms with Crippen LogP contribution in [0.15, 0.2) is 60.8 Å². The molecule has 226 valence electrons. The number of pyridine rings is 1. The SMILES string of the molecule is COc1ccc(CN2CCN(c3ccc4nc(C(=O)N5CCN(Cc6ccc(C(F)(F)F)cc6)CC5)[nH]c4c3)CC2)cn1. The highest BCUT2D eigenvalue weighted by molar-refractivity contribution is 5.94. The fraction of sp³-hybridized carbons (Fsp3) is 0.387. The second-order valence-corrected chi connectivity index (χ2v) is 11.0. The number of aromatic amines is 1. The number of piperazine rings is 2. The Bertz CT molecular complexity index is 1540. The van der Waals surface area contributed by atoms with E-state index in [1.807, 2.05) is 24.4 Å². The van der Waals surface area contributed by atoms with Gasteiger partial charge in [0, 0.05) is 83.4 Å². The van der Waals surface area contributed by atoms with Crippen LogP contribution in [0.3, 0.4) is 0 Å². The number of nitrogens with zero attached hydrogens (tertiary/aromatic N) is 6. The van der Waals surface area contributed by atoms with E-state index in [0.717, 1.165) is 72.7 Å². The van der Waals surface area contributed by atoms with Crippen LogP contribution in [0.1, 0.15) is 27.3 Å². The molecule has 4 aromatic rings. The lowest BCUT2D eigenvalue weighted by molar-refractivity contribution is -0.137. The molecule has 2 aromatic carbocycles. The summed E-state index contributed by atoms with van der Waals surface area (Å²) in [4.78, 5) is 34.0. The zero-order valence-electron chi connectivity index (χ0n) is 24.0. The van der Waals surface area contributed by atoms with E-state index in [0.29, 0.717) is 44.4 Å². The normalized spacial score (nSPS) is 17.0. The number of amides is 1. The van der Waals surface area contributed by atoms with E-state index in [2.05, 4.69) is 41.8 Å². The van der Waals surface area contributed by atoms with Gasteiger partial charge in [-0.15, -0.1) is 0 Å². The maximum absolute atomic E-state index is 13.3. The summed E-state index contributed by atoms with van der Waals surface area (Å²) in [6, 6.07) is 15.3. The van der Waals surface area contributed by atoms with Crippen molar-refractivity contribution in [1.29, 1.82) is 0 Å². The molecule has 2 aliphatic heterocycles. The van der Waals surface area contributed by atoms with Gasteiger partial charge in [-0.25, -0.2) is 9.97 Å². The Balaban J connectivity index is 1.01. The monoisotopic (exact) mass is 593 g/mol. The van der Waals surface area contributed by atoms with Gasteiger partial charge in [0.15, 0.2) is 5.82 Å². The van der Waals surface area contributed by atoms with Gasteiger partial charge >= 0.3 is 6.18 Å². The molecule has 0 atom stereocenters. The van der Waals surface area contributed by atoms with E-state index in [-0.39, 0.29) is 5.91 Å². The van der Waals surface area contributed by atoms with Crippen LogP contribution in [0.25, 0.3) is 11.0 Å². The van der Waals surface area contributed by atoms with Crippen molar-refractivity contribution >= 4 is 22.6 Å². The summed E-state index contributed by atoms with van der Waals surface area (Å²) in [5.74, 6) is 0.792. The molecule has 1 N–H and O–H groups in total. The number of aromatic nitrogens is 3. The first kappa shape index (κ1) is 28.9. The van der Waals surface area contributed by atoms with Crippen molar-refractivity contribution in [3.8, 4) is 5.88 Å². The first-order chi connectivity index (χ1) is 20.7. The van der Waals surface area contributed by atoms with Gasteiger partial charge in [-0.2, -0.15) is 13.2 Å². The third-order valence-electron chi connectivity index (χ3n) is 8.17. The summed E-state index contributed by atoms with van der Waals surface area (Å²) in [5.41, 5.74) is 4.00. The number of alkyl halides is 3. The number of imidazole rings is 1. The fourth-order valence-corrected chi connectivity index (χ4v) is 5.66. The van der Waals surface area contributed by atoms with Gasteiger partial charge < -0.3 is 19.5 Å². The van der Waals surface area contributed by atoms with Gasteiger partial charge in [-0.3, -0.25) is 14.6 Å². The van der Waals surface area contributed by atoms with Crippen molar-refractivity contribution in [2.45, 2.75) is 19.3 Å². The molecule has 6 rings (SSSR count). The third-order valence-corrected chi connectivity index (χ3v) is 8.17. The van der Waals surface area contributed by atoms with Crippen molar-refractivity contribution < 1.29 is 22.7 Å². The summed E-state index contributed by atoms with van der Waals surface area (Å²) in [6.45, 7) is 7.37. The number of carbonyl (C=O) groups is 1. The van der Waals surface area contributed by atoms with E-state index in [9.17, 15) is 18.0 Å². The van der Waals surface area contributed by atoms with Crippen molar-refractivity contribution in [3.05, 3.63) is 83.3 Å². The maximum Gasteiger partial charge on any atom is 0.416 e. The van der Waals surface area contributed by atoms with Crippen LogP contribution in [-0.4, -0.2) is 95.0 Å². The molecule has 0 bridgehead atoms. The van der Waals surface area contributed by atoms with Gasteiger partial charge in [-0.1, -0.05) is 18.2 Å². The van der Waals surface area contributed by atoms with Crippen LogP contribution in [0.5, 0.6) is 5.88 Å². The van der Waals surface area contributed by atoms with Gasteiger partial charge in [-0.05, 0) is 41.5 Å².